The van der Waals surface area contributed by atoms with Gasteiger partial charge in [-0.2, -0.15) is 0 Å². The molecule has 118 valence electrons. The normalized spacial score (nSPS) is 10.7. The van der Waals surface area contributed by atoms with Gasteiger partial charge in [-0.05, 0) is 55.5 Å². The summed E-state index contributed by atoms with van der Waals surface area (Å²) in [6.07, 6.45) is 0. The zero-order valence-corrected chi connectivity index (χ0v) is 13.7. The Morgan fingerprint density at radius 1 is 1.09 bits per heavy atom. The Morgan fingerprint density at radius 3 is 2.43 bits per heavy atom. The van der Waals surface area contributed by atoms with Crippen LogP contribution >= 0.6 is 11.8 Å². The lowest BCUT2D eigenvalue weighted by Crippen LogP contribution is -1.86. The molecule has 0 aliphatic heterocycles. The molecule has 5 heteroatoms. The molecule has 3 aromatic rings. The third-order valence-electron chi connectivity index (χ3n) is 3.56. The summed E-state index contributed by atoms with van der Waals surface area (Å²) in [6, 6.07) is 14.1. The summed E-state index contributed by atoms with van der Waals surface area (Å²) < 4.78 is 23.6. The fraction of sp³-hybridized carbons (Fsp3) is 0.167. The van der Waals surface area contributed by atoms with Crippen molar-refractivity contribution < 1.29 is 13.7 Å². The molecule has 23 heavy (non-hydrogen) atoms. The molecule has 0 bridgehead atoms. The van der Waals surface area contributed by atoms with Gasteiger partial charge in [0.25, 0.3) is 0 Å². The van der Waals surface area contributed by atoms with Gasteiger partial charge in [0.15, 0.2) is 5.76 Å². The minimum atomic E-state index is -0.263. The second-order valence-corrected chi connectivity index (χ2v) is 6.10. The van der Waals surface area contributed by atoms with Gasteiger partial charge in [0.2, 0.25) is 0 Å². The highest BCUT2D eigenvalue weighted by atomic mass is 32.2. The van der Waals surface area contributed by atoms with Gasteiger partial charge in [-0.1, -0.05) is 5.16 Å². The van der Waals surface area contributed by atoms with Gasteiger partial charge >= 0.3 is 0 Å². The van der Waals surface area contributed by atoms with Crippen LogP contribution in [-0.4, -0.2) is 12.3 Å². The summed E-state index contributed by atoms with van der Waals surface area (Å²) >= 11 is 1.68. The van der Waals surface area contributed by atoms with E-state index >= 15 is 0 Å². The van der Waals surface area contributed by atoms with Crippen molar-refractivity contribution in [2.45, 2.75) is 17.6 Å². The summed E-state index contributed by atoms with van der Waals surface area (Å²) in [5, 5.41) is 4.15. The molecule has 0 saturated heterocycles. The minimum Gasteiger partial charge on any atom is -0.497 e. The SMILES string of the molecule is COc1ccc(SCc2noc(-c3ccc(F)cc3)c2C)cc1. The molecule has 0 atom stereocenters. The summed E-state index contributed by atoms with van der Waals surface area (Å²) in [5.41, 5.74) is 2.71. The number of halogens is 1. The van der Waals surface area contributed by atoms with Gasteiger partial charge in [0.1, 0.15) is 11.6 Å². The molecular formula is C18H16FNO2S. The molecule has 2 aromatic carbocycles. The lowest BCUT2D eigenvalue weighted by atomic mass is 10.1. The maximum atomic E-state index is 13.0. The van der Waals surface area contributed by atoms with Crippen LogP contribution in [-0.2, 0) is 5.75 Å². The molecule has 0 fully saturated rings. The van der Waals surface area contributed by atoms with Crippen molar-refractivity contribution >= 4 is 11.8 Å². The Hall–Kier alpha value is -2.27. The van der Waals surface area contributed by atoms with Crippen LogP contribution in [0.3, 0.4) is 0 Å². The monoisotopic (exact) mass is 329 g/mol. The van der Waals surface area contributed by atoms with Crippen LogP contribution in [0.1, 0.15) is 11.3 Å². The number of aromatic nitrogens is 1. The van der Waals surface area contributed by atoms with Gasteiger partial charge in [0, 0.05) is 21.8 Å². The van der Waals surface area contributed by atoms with Crippen molar-refractivity contribution in [3.05, 3.63) is 65.6 Å². The molecule has 0 saturated carbocycles. The molecule has 1 aromatic heterocycles. The number of ether oxygens (including phenoxy) is 1. The average molecular weight is 329 g/mol. The zero-order valence-electron chi connectivity index (χ0n) is 12.9. The molecule has 0 unspecified atom stereocenters. The Morgan fingerprint density at radius 2 is 1.78 bits per heavy atom. The largest absolute Gasteiger partial charge is 0.497 e. The van der Waals surface area contributed by atoms with Crippen molar-refractivity contribution in [2.24, 2.45) is 0 Å². The Balaban J connectivity index is 1.72. The first kappa shape index (κ1) is 15.6. The minimum absolute atomic E-state index is 0.263. The van der Waals surface area contributed by atoms with Gasteiger partial charge in [-0.3, -0.25) is 0 Å². The number of thioether (sulfide) groups is 1. The fourth-order valence-corrected chi connectivity index (χ4v) is 3.10. The van der Waals surface area contributed by atoms with Gasteiger partial charge in [-0.25, -0.2) is 4.39 Å². The van der Waals surface area contributed by atoms with Crippen molar-refractivity contribution in [1.29, 1.82) is 0 Å². The van der Waals surface area contributed by atoms with Crippen LogP contribution in [0.25, 0.3) is 11.3 Å². The topological polar surface area (TPSA) is 35.3 Å². The van der Waals surface area contributed by atoms with E-state index in [0.29, 0.717) is 11.5 Å². The highest BCUT2D eigenvalue weighted by Gasteiger charge is 2.14. The molecule has 0 radical (unpaired) electrons. The first-order chi connectivity index (χ1) is 11.2. The maximum absolute atomic E-state index is 13.0. The van der Waals surface area contributed by atoms with Crippen molar-refractivity contribution in [1.82, 2.24) is 5.16 Å². The zero-order chi connectivity index (χ0) is 16.2. The molecule has 0 amide bonds. The standard InChI is InChI=1S/C18H16FNO2S/c1-12-17(11-23-16-9-7-15(21-2)8-10-16)20-22-18(12)13-3-5-14(19)6-4-13/h3-10H,11H2,1-2H3. The predicted molar refractivity (Wildman–Crippen MR) is 89.2 cm³/mol. The van der Waals surface area contributed by atoms with Gasteiger partial charge < -0.3 is 9.26 Å². The second kappa shape index (κ2) is 6.87. The predicted octanol–water partition coefficient (Wildman–Crippen LogP) is 5.09. The molecule has 3 nitrogen and oxygen atoms in total. The van der Waals surface area contributed by atoms with E-state index < -0.39 is 0 Å². The Bertz CT molecular complexity index is 782. The van der Waals surface area contributed by atoms with Crippen molar-refractivity contribution in [3.63, 3.8) is 0 Å². The fourth-order valence-electron chi connectivity index (χ4n) is 2.20. The molecule has 1 heterocycles. The number of benzene rings is 2. The number of hydrogen-bond acceptors (Lipinski definition) is 4. The van der Waals surface area contributed by atoms with E-state index in [1.807, 2.05) is 31.2 Å². The van der Waals surface area contributed by atoms with Crippen LogP contribution in [0.15, 0.2) is 57.9 Å². The van der Waals surface area contributed by atoms with E-state index in [9.17, 15) is 4.39 Å². The summed E-state index contributed by atoms with van der Waals surface area (Å²) in [4.78, 5) is 1.14. The van der Waals surface area contributed by atoms with Crippen LogP contribution in [0, 0.1) is 12.7 Å². The van der Waals surface area contributed by atoms with E-state index in [2.05, 4.69) is 5.16 Å². The number of rotatable bonds is 5. The van der Waals surface area contributed by atoms with Crippen molar-refractivity contribution in [3.8, 4) is 17.1 Å². The average Bonchev–Trinajstić information content (AvgIpc) is 2.95. The second-order valence-electron chi connectivity index (χ2n) is 5.05. The van der Waals surface area contributed by atoms with E-state index in [0.717, 1.165) is 27.5 Å². The third kappa shape index (κ3) is 3.56. The van der Waals surface area contributed by atoms with Crippen molar-refractivity contribution in [2.75, 3.05) is 7.11 Å². The first-order valence-electron chi connectivity index (χ1n) is 7.15. The van der Waals surface area contributed by atoms with Crippen LogP contribution < -0.4 is 4.74 Å². The summed E-state index contributed by atoms with van der Waals surface area (Å²) in [6.45, 7) is 1.97. The van der Waals surface area contributed by atoms with E-state index in [1.54, 1.807) is 31.0 Å². The van der Waals surface area contributed by atoms with Crippen LogP contribution in [0.4, 0.5) is 4.39 Å². The first-order valence-corrected chi connectivity index (χ1v) is 8.14. The third-order valence-corrected chi connectivity index (χ3v) is 4.59. The number of methoxy groups -OCH3 is 1. The lowest BCUT2D eigenvalue weighted by Gasteiger charge is -2.02. The highest BCUT2D eigenvalue weighted by molar-refractivity contribution is 7.98. The number of nitrogens with zero attached hydrogens (tertiary/aromatic N) is 1. The molecule has 3 rings (SSSR count). The van der Waals surface area contributed by atoms with E-state index in [-0.39, 0.29) is 5.82 Å². The molecule has 0 aliphatic rings. The molecular weight excluding hydrogens is 313 g/mol. The van der Waals surface area contributed by atoms with Crippen LogP contribution in [0.2, 0.25) is 0 Å². The quantitative estimate of drug-likeness (QED) is 0.611. The molecule has 0 spiro atoms. The van der Waals surface area contributed by atoms with E-state index in [1.165, 1.54) is 12.1 Å². The van der Waals surface area contributed by atoms with Crippen LogP contribution in [0.5, 0.6) is 5.75 Å². The Labute approximate surface area is 138 Å². The van der Waals surface area contributed by atoms with Gasteiger partial charge in [-0.15, -0.1) is 11.8 Å². The summed E-state index contributed by atoms with van der Waals surface area (Å²) in [5.74, 6) is 1.98. The molecule has 0 N–H and O–H groups in total. The molecule has 0 aliphatic carbocycles. The Kier molecular flexibility index (Phi) is 4.67. The smallest absolute Gasteiger partial charge is 0.170 e. The van der Waals surface area contributed by atoms with E-state index in [4.69, 9.17) is 9.26 Å². The lowest BCUT2D eigenvalue weighted by molar-refractivity contribution is 0.414. The summed E-state index contributed by atoms with van der Waals surface area (Å²) in [7, 11) is 1.65. The number of hydrogen-bond donors (Lipinski definition) is 0. The van der Waals surface area contributed by atoms with Gasteiger partial charge in [0.05, 0.1) is 12.8 Å². The highest BCUT2D eigenvalue weighted by Crippen LogP contribution is 2.30. The maximum Gasteiger partial charge on any atom is 0.170 e.